The van der Waals surface area contributed by atoms with Gasteiger partial charge < -0.3 is 0 Å². The Hall–Kier alpha value is -0.520. The third kappa shape index (κ3) is 2.46. The van der Waals surface area contributed by atoms with Crippen molar-refractivity contribution in [1.29, 1.82) is 0 Å². The van der Waals surface area contributed by atoms with Crippen LogP contribution in [-0.2, 0) is 0 Å². The molecule has 1 aliphatic rings. The molecule has 0 atom stereocenters. The van der Waals surface area contributed by atoms with Gasteiger partial charge in [0.15, 0.2) is 0 Å². The van der Waals surface area contributed by atoms with Crippen molar-refractivity contribution in [2.75, 3.05) is 0 Å². The first-order valence-electron chi connectivity index (χ1n) is 5.30. The van der Waals surface area contributed by atoms with Gasteiger partial charge in [0.25, 0.3) is 0 Å². The molecular weight excluding hydrogens is 156 g/mol. The predicted octanol–water partition coefficient (Wildman–Crippen LogP) is 4.34. The molecule has 13 heavy (non-hydrogen) atoms. The van der Waals surface area contributed by atoms with E-state index in [1.54, 1.807) is 11.1 Å². The highest BCUT2D eigenvalue weighted by molar-refractivity contribution is 5.29. The van der Waals surface area contributed by atoms with Gasteiger partial charge in [-0.3, -0.25) is 0 Å². The minimum Gasteiger partial charge on any atom is -0.0841 e. The van der Waals surface area contributed by atoms with E-state index in [1.807, 2.05) is 0 Å². The maximum absolute atomic E-state index is 2.32. The standard InChI is InChI=1S/C13H22/c1-10(2)11-8-6-7-9-12(11)13(3,4)5/h6-7,10H,8-9H2,1-5H3. The zero-order valence-electron chi connectivity index (χ0n) is 9.65. The van der Waals surface area contributed by atoms with Gasteiger partial charge in [-0.05, 0) is 24.2 Å². The SMILES string of the molecule is CC(C)C1=C(C(C)(C)C)CC=CC1. The molecular formula is C13H22. The van der Waals surface area contributed by atoms with E-state index in [2.05, 4.69) is 46.8 Å². The van der Waals surface area contributed by atoms with Gasteiger partial charge in [-0.15, -0.1) is 0 Å². The highest BCUT2D eigenvalue weighted by Crippen LogP contribution is 2.37. The van der Waals surface area contributed by atoms with Gasteiger partial charge in [0.1, 0.15) is 0 Å². The fraction of sp³-hybridized carbons (Fsp3) is 0.692. The largest absolute Gasteiger partial charge is 0.0841 e. The monoisotopic (exact) mass is 178 g/mol. The first-order chi connectivity index (χ1) is 5.93. The Morgan fingerprint density at radius 1 is 1.08 bits per heavy atom. The van der Waals surface area contributed by atoms with Crippen LogP contribution >= 0.6 is 0 Å². The molecule has 0 amide bonds. The summed E-state index contributed by atoms with van der Waals surface area (Å²) in [5.41, 5.74) is 3.67. The molecule has 0 unspecified atom stereocenters. The van der Waals surface area contributed by atoms with Crippen molar-refractivity contribution in [3.05, 3.63) is 23.3 Å². The Morgan fingerprint density at radius 2 is 1.62 bits per heavy atom. The second kappa shape index (κ2) is 3.69. The lowest BCUT2D eigenvalue weighted by atomic mass is 9.76. The molecule has 0 fully saturated rings. The van der Waals surface area contributed by atoms with E-state index >= 15 is 0 Å². The Labute approximate surface area is 82.7 Å². The minimum absolute atomic E-state index is 0.352. The number of hydrogen-bond acceptors (Lipinski definition) is 0. The van der Waals surface area contributed by atoms with Crippen LogP contribution in [0.4, 0.5) is 0 Å². The molecule has 0 aromatic rings. The van der Waals surface area contributed by atoms with Gasteiger partial charge in [-0.25, -0.2) is 0 Å². The lowest BCUT2D eigenvalue weighted by molar-refractivity contribution is 0.473. The van der Waals surface area contributed by atoms with E-state index in [-0.39, 0.29) is 0 Å². The maximum Gasteiger partial charge on any atom is -0.0131 e. The van der Waals surface area contributed by atoms with E-state index in [1.165, 1.54) is 6.42 Å². The zero-order valence-corrected chi connectivity index (χ0v) is 9.65. The first-order valence-corrected chi connectivity index (χ1v) is 5.30. The van der Waals surface area contributed by atoms with Crippen LogP contribution in [0.3, 0.4) is 0 Å². The third-order valence-corrected chi connectivity index (χ3v) is 2.82. The molecule has 0 saturated carbocycles. The summed E-state index contributed by atoms with van der Waals surface area (Å²) >= 11 is 0. The smallest absolute Gasteiger partial charge is 0.0131 e. The fourth-order valence-corrected chi connectivity index (χ4v) is 2.04. The fourth-order valence-electron chi connectivity index (χ4n) is 2.04. The second-order valence-electron chi connectivity index (χ2n) is 5.29. The van der Waals surface area contributed by atoms with Gasteiger partial charge in [0.2, 0.25) is 0 Å². The van der Waals surface area contributed by atoms with Crippen molar-refractivity contribution in [1.82, 2.24) is 0 Å². The lowest BCUT2D eigenvalue weighted by Crippen LogP contribution is -2.15. The molecule has 0 radical (unpaired) electrons. The molecule has 0 aliphatic heterocycles. The molecule has 1 rings (SSSR count). The van der Waals surface area contributed by atoms with Crippen molar-refractivity contribution in [3.8, 4) is 0 Å². The Morgan fingerprint density at radius 3 is 2.00 bits per heavy atom. The lowest BCUT2D eigenvalue weighted by Gasteiger charge is -2.30. The van der Waals surface area contributed by atoms with Crippen LogP contribution in [0.25, 0.3) is 0 Å². The van der Waals surface area contributed by atoms with E-state index in [4.69, 9.17) is 0 Å². The van der Waals surface area contributed by atoms with Crippen LogP contribution in [0.15, 0.2) is 23.3 Å². The zero-order chi connectivity index (χ0) is 10.1. The van der Waals surface area contributed by atoms with Crippen molar-refractivity contribution in [3.63, 3.8) is 0 Å². The second-order valence-corrected chi connectivity index (χ2v) is 5.29. The Balaban J connectivity index is 2.99. The molecule has 0 heteroatoms. The summed E-state index contributed by atoms with van der Waals surface area (Å²) in [6.07, 6.45) is 6.96. The minimum atomic E-state index is 0.352. The molecule has 0 N–H and O–H groups in total. The van der Waals surface area contributed by atoms with E-state index < -0.39 is 0 Å². The van der Waals surface area contributed by atoms with Crippen molar-refractivity contribution >= 4 is 0 Å². The van der Waals surface area contributed by atoms with Gasteiger partial charge in [-0.1, -0.05) is 57.9 Å². The predicted molar refractivity (Wildman–Crippen MR) is 59.7 cm³/mol. The van der Waals surface area contributed by atoms with Crippen molar-refractivity contribution in [2.45, 2.75) is 47.5 Å². The summed E-state index contributed by atoms with van der Waals surface area (Å²) in [6, 6.07) is 0. The maximum atomic E-state index is 2.32. The topological polar surface area (TPSA) is 0 Å². The molecule has 0 aromatic heterocycles. The summed E-state index contributed by atoms with van der Waals surface area (Å²) in [6.45, 7) is 11.6. The van der Waals surface area contributed by atoms with Crippen LogP contribution in [0.2, 0.25) is 0 Å². The summed E-state index contributed by atoms with van der Waals surface area (Å²) in [5, 5.41) is 0. The highest BCUT2D eigenvalue weighted by Gasteiger charge is 2.22. The summed E-state index contributed by atoms with van der Waals surface area (Å²) < 4.78 is 0. The van der Waals surface area contributed by atoms with Crippen LogP contribution < -0.4 is 0 Å². The Bertz CT molecular complexity index is 233. The molecule has 0 spiro atoms. The first kappa shape index (κ1) is 10.6. The molecule has 0 saturated heterocycles. The molecule has 0 aromatic carbocycles. The third-order valence-electron chi connectivity index (χ3n) is 2.82. The average Bonchev–Trinajstić information content (AvgIpc) is 2.03. The molecule has 0 nitrogen and oxygen atoms in total. The Kier molecular flexibility index (Phi) is 3.00. The van der Waals surface area contributed by atoms with E-state index in [0.717, 1.165) is 6.42 Å². The molecule has 1 aliphatic carbocycles. The molecule has 74 valence electrons. The number of allylic oxidation sites excluding steroid dienone is 4. The van der Waals surface area contributed by atoms with Crippen LogP contribution in [-0.4, -0.2) is 0 Å². The van der Waals surface area contributed by atoms with Gasteiger partial charge in [0.05, 0.1) is 0 Å². The van der Waals surface area contributed by atoms with Crippen LogP contribution in [0.5, 0.6) is 0 Å². The van der Waals surface area contributed by atoms with Crippen molar-refractivity contribution in [2.24, 2.45) is 11.3 Å². The van der Waals surface area contributed by atoms with E-state index in [9.17, 15) is 0 Å². The van der Waals surface area contributed by atoms with E-state index in [0.29, 0.717) is 11.3 Å². The summed E-state index contributed by atoms with van der Waals surface area (Å²) in [5.74, 6) is 0.708. The highest BCUT2D eigenvalue weighted by atomic mass is 14.3. The van der Waals surface area contributed by atoms with Crippen molar-refractivity contribution < 1.29 is 0 Å². The summed E-state index contributed by atoms with van der Waals surface area (Å²) in [4.78, 5) is 0. The normalized spacial score (nSPS) is 18.6. The average molecular weight is 178 g/mol. The van der Waals surface area contributed by atoms with Gasteiger partial charge in [-0.2, -0.15) is 0 Å². The quantitative estimate of drug-likeness (QED) is 0.524. The van der Waals surface area contributed by atoms with Crippen LogP contribution in [0, 0.1) is 11.3 Å². The number of rotatable bonds is 1. The van der Waals surface area contributed by atoms with Crippen LogP contribution in [0.1, 0.15) is 47.5 Å². The molecule has 0 heterocycles. The molecule has 0 bridgehead atoms. The summed E-state index contributed by atoms with van der Waals surface area (Å²) in [7, 11) is 0. The number of hydrogen-bond donors (Lipinski definition) is 0. The van der Waals surface area contributed by atoms with Gasteiger partial charge in [0, 0.05) is 0 Å². The van der Waals surface area contributed by atoms with Gasteiger partial charge >= 0.3 is 0 Å².